The first-order valence-corrected chi connectivity index (χ1v) is 9.92. The number of aryl methyl sites for hydroxylation is 1. The summed E-state index contributed by atoms with van der Waals surface area (Å²) in [5, 5.41) is 14.8. The molecule has 1 aliphatic heterocycles. The molecule has 0 bridgehead atoms. The van der Waals surface area contributed by atoms with Gasteiger partial charge in [0.25, 0.3) is 0 Å². The van der Waals surface area contributed by atoms with Crippen LogP contribution in [0.2, 0.25) is 0 Å². The van der Waals surface area contributed by atoms with Gasteiger partial charge in [0.2, 0.25) is 0 Å². The lowest BCUT2D eigenvalue weighted by atomic mass is 10.2. The Morgan fingerprint density at radius 1 is 1.37 bits per heavy atom. The molecule has 2 atom stereocenters. The highest BCUT2D eigenvalue weighted by Gasteiger charge is 2.16. The van der Waals surface area contributed by atoms with E-state index in [1.54, 1.807) is 18.2 Å². The van der Waals surface area contributed by atoms with Gasteiger partial charge in [-0.25, -0.2) is 9.38 Å². The Hall–Kier alpha value is -1.95. The summed E-state index contributed by atoms with van der Waals surface area (Å²) < 4.78 is 27.0. The van der Waals surface area contributed by atoms with Gasteiger partial charge in [-0.05, 0) is 38.8 Å². The SMILES string of the molecule is Cc1nnc(CN=C(NCC(C)Oc2ccccc2F)NCC2CCCO2)n1C.I. The van der Waals surface area contributed by atoms with E-state index in [2.05, 4.69) is 25.8 Å². The van der Waals surface area contributed by atoms with Gasteiger partial charge in [0.1, 0.15) is 18.5 Å². The lowest BCUT2D eigenvalue weighted by molar-refractivity contribution is 0.113. The third-order valence-electron chi connectivity index (χ3n) is 4.80. The first-order chi connectivity index (χ1) is 14.0. The molecule has 1 aromatic heterocycles. The molecule has 30 heavy (non-hydrogen) atoms. The fourth-order valence-corrected chi connectivity index (χ4v) is 2.97. The highest BCUT2D eigenvalue weighted by molar-refractivity contribution is 14.0. The molecule has 1 aliphatic rings. The molecule has 2 heterocycles. The topological polar surface area (TPSA) is 85.6 Å². The maximum atomic E-state index is 13.8. The molecular weight excluding hydrogens is 502 g/mol. The van der Waals surface area contributed by atoms with Gasteiger partial charge >= 0.3 is 0 Å². The highest BCUT2D eigenvalue weighted by atomic mass is 127. The number of ether oxygens (including phenoxy) is 2. The van der Waals surface area contributed by atoms with Crippen LogP contribution >= 0.6 is 24.0 Å². The molecule has 2 aromatic rings. The van der Waals surface area contributed by atoms with E-state index in [0.717, 1.165) is 31.1 Å². The highest BCUT2D eigenvalue weighted by Crippen LogP contribution is 2.16. The van der Waals surface area contributed by atoms with E-state index < -0.39 is 0 Å². The number of nitrogens with zero attached hydrogens (tertiary/aromatic N) is 4. The van der Waals surface area contributed by atoms with Crippen LogP contribution in [0, 0.1) is 12.7 Å². The van der Waals surface area contributed by atoms with Gasteiger partial charge in [0, 0.05) is 20.2 Å². The lowest BCUT2D eigenvalue weighted by Crippen LogP contribution is -2.44. The zero-order valence-electron chi connectivity index (χ0n) is 17.6. The third-order valence-corrected chi connectivity index (χ3v) is 4.80. The van der Waals surface area contributed by atoms with Crippen molar-refractivity contribution in [2.75, 3.05) is 19.7 Å². The number of hydrogen-bond donors (Lipinski definition) is 2. The second-order valence-electron chi connectivity index (χ2n) is 7.14. The number of nitrogens with one attached hydrogen (secondary N) is 2. The second-order valence-corrected chi connectivity index (χ2v) is 7.14. The lowest BCUT2D eigenvalue weighted by Gasteiger charge is -2.19. The summed E-state index contributed by atoms with van der Waals surface area (Å²) in [5.41, 5.74) is 0. The molecule has 1 saturated heterocycles. The molecule has 1 aromatic carbocycles. The average Bonchev–Trinajstić information content (AvgIpc) is 3.34. The number of aliphatic imine (C=N–C) groups is 1. The summed E-state index contributed by atoms with van der Waals surface area (Å²) in [5.74, 6) is 2.11. The standard InChI is InChI=1S/C20H29FN6O2.HI/c1-14(29-18-9-5-4-8-17(18)21)11-22-20(23-12-16-7-6-10-28-16)24-13-19-26-25-15(2)27(19)3;/h4-5,8-9,14,16H,6-7,10-13H2,1-3H3,(H2,22,23,24);1H. The monoisotopic (exact) mass is 532 g/mol. The minimum absolute atomic E-state index is 0. The van der Waals surface area contributed by atoms with Gasteiger partial charge in [-0.2, -0.15) is 0 Å². The van der Waals surface area contributed by atoms with E-state index in [4.69, 9.17) is 9.47 Å². The Morgan fingerprint density at radius 2 is 2.17 bits per heavy atom. The maximum Gasteiger partial charge on any atom is 0.191 e. The number of hydrogen-bond acceptors (Lipinski definition) is 5. The molecule has 0 aliphatic carbocycles. The fraction of sp³-hybridized carbons (Fsp3) is 0.550. The molecule has 3 rings (SSSR count). The Balaban J connectivity index is 0.00000320. The van der Waals surface area contributed by atoms with Crippen molar-refractivity contribution in [1.82, 2.24) is 25.4 Å². The minimum Gasteiger partial charge on any atom is -0.486 e. The molecule has 8 nitrogen and oxygen atoms in total. The van der Waals surface area contributed by atoms with Crippen LogP contribution < -0.4 is 15.4 Å². The van der Waals surface area contributed by atoms with Gasteiger partial charge < -0.3 is 24.7 Å². The Morgan fingerprint density at radius 3 is 2.83 bits per heavy atom. The fourth-order valence-electron chi connectivity index (χ4n) is 2.97. The quantitative estimate of drug-likeness (QED) is 0.309. The summed E-state index contributed by atoms with van der Waals surface area (Å²) in [7, 11) is 1.91. The van der Waals surface area contributed by atoms with Crippen molar-refractivity contribution in [3.8, 4) is 5.75 Å². The molecular formula is C20H30FIN6O2. The number of guanidine groups is 1. The zero-order valence-corrected chi connectivity index (χ0v) is 19.9. The number of benzene rings is 1. The first-order valence-electron chi connectivity index (χ1n) is 9.92. The maximum absolute atomic E-state index is 13.8. The van der Waals surface area contributed by atoms with Crippen molar-refractivity contribution < 1.29 is 13.9 Å². The third kappa shape index (κ3) is 7.08. The summed E-state index contributed by atoms with van der Waals surface area (Å²) in [6.45, 7) is 6.11. The van der Waals surface area contributed by atoms with E-state index in [-0.39, 0.29) is 47.8 Å². The minimum atomic E-state index is -0.373. The Bertz CT molecular complexity index is 825. The smallest absolute Gasteiger partial charge is 0.191 e. The van der Waals surface area contributed by atoms with Crippen molar-refractivity contribution in [2.24, 2.45) is 12.0 Å². The predicted molar refractivity (Wildman–Crippen MR) is 124 cm³/mol. The van der Waals surface area contributed by atoms with E-state index >= 15 is 0 Å². The molecule has 1 fully saturated rings. The van der Waals surface area contributed by atoms with Crippen molar-refractivity contribution in [3.63, 3.8) is 0 Å². The van der Waals surface area contributed by atoms with Crippen LogP contribution in [0.5, 0.6) is 5.75 Å². The van der Waals surface area contributed by atoms with Gasteiger partial charge in [0.15, 0.2) is 23.4 Å². The molecule has 0 radical (unpaired) electrons. The predicted octanol–water partition coefficient (Wildman–Crippen LogP) is 2.56. The van der Waals surface area contributed by atoms with Crippen LogP contribution in [0.1, 0.15) is 31.4 Å². The van der Waals surface area contributed by atoms with E-state index in [1.807, 2.05) is 25.5 Å². The number of aromatic nitrogens is 3. The Labute approximate surface area is 193 Å². The number of halogens is 2. The van der Waals surface area contributed by atoms with E-state index in [9.17, 15) is 4.39 Å². The molecule has 2 unspecified atom stereocenters. The summed E-state index contributed by atoms with van der Waals surface area (Å²) >= 11 is 0. The van der Waals surface area contributed by atoms with Crippen LogP contribution in [0.15, 0.2) is 29.3 Å². The van der Waals surface area contributed by atoms with E-state index in [0.29, 0.717) is 25.6 Å². The first kappa shape index (κ1) is 24.3. The molecule has 10 heteroatoms. The summed E-state index contributed by atoms with van der Waals surface area (Å²) in [6.07, 6.45) is 2.05. The number of para-hydroxylation sites is 1. The largest absolute Gasteiger partial charge is 0.486 e. The van der Waals surface area contributed by atoms with Crippen molar-refractivity contribution in [3.05, 3.63) is 41.7 Å². The summed E-state index contributed by atoms with van der Waals surface area (Å²) in [6, 6.07) is 6.39. The van der Waals surface area contributed by atoms with Gasteiger partial charge in [-0.3, -0.25) is 0 Å². The summed E-state index contributed by atoms with van der Waals surface area (Å²) in [4.78, 5) is 4.61. The zero-order chi connectivity index (χ0) is 20.6. The van der Waals surface area contributed by atoms with Gasteiger partial charge in [0.05, 0.1) is 12.6 Å². The molecule has 166 valence electrons. The van der Waals surface area contributed by atoms with Crippen molar-refractivity contribution >= 4 is 29.9 Å². The van der Waals surface area contributed by atoms with Gasteiger partial charge in [-0.1, -0.05) is 12.1 Å². The van der Waals surface area contributed by atoms with Crippen molar-refractivity contribution in [2.45, 2.75) is 45.4 Å². The Kier molecular flexibility index (Phi) is 9.76. The average molecular weight is 532 g/mol. The van der Waals surface area contributed by atoms with Crippen LogP contribution in [0.25, 0.3) is 0 Å². The van der Waals surface area contributed by atoms with Gasteiger partial charge in [-0.15, -0.1) is 34.2 Å². The molecule has 2 N–H and O–H groups in total. The molecule has 0 amide bonds. The number of rotatable bonds is 8. The van der Waals surface area contributed by atoms with Crippen LogP contribution in [-0.4, -0.2) is 52.6 Å². The second kappa shape index (κ2) is 12.0. The molecule has 0 spiro atoms. The molecule has 0 saturated carbocycles. The van der Waals surface area contributed by atoms with Crippen molar-refractivity contribution in [1.29, 1.82) is 0 Å². The van der Waals surface area contributed by atoms with Crippen LogP contribution in [0.4, 0.5) is 4.39 Å². The van der Waals surface area contributed by atoms with E-state index in [1.165, 1.54) is 6.07 Å². The normalized spacial score (nSPS) is 17.3. The van der Waals surface area contributed by atoms with Crippen LogP contribution in [-0.2, 0) is 18.3 Å². The van der Waals surface area contributed by atoms with Crippen LogP contribution in [0.3, 0.4) is 0 Å².